The van der Waals surface area contributed by atoms with Crippen LogP contribution in [0.4, 0.5) is 0 Å². The molecule has 13 nitrogen and oxygen atoms in total. The molecule has 10 atom stereocenters. The molecule has 0 aromatic heterocycles. The minimum absolute atomic E-state index is 0.931. The van der Waals surface area contributed by atoms with Crippen LogP contribution < -0.4 is 0 Å². The molecule has 0 amide bonds. The number of aliphatic hydroxyl groups is 10. The van der Waals surface area contributed by atoms with Crippen LogP contribution in [0.2, 0.25) is 0 Å². The quantitative estimate of drug-likeness (QED) is 0.206. The summed E-state index contributed by atoms with van der Waals surface area (Å²) in [6.07, 6.45) is -16.0. The lowest BCUT2D eigenvalue weighted by atomic mass is 9.96. The second-order valence-electron chi connectivity index (χ2n) is 5.89. The summed E-state index contributed by atoms with van der Waals surface area (Å²) < 4.78 is 14.1. The first-order valence-corrected chi connectivity index (χ1v) is 7.31. The van der Waals surface area contributed by atoms with Gasteiger partial charge in [0.15, 0.2) is 12.2 Å². The summed E-state index contributed by atoms with van der Waals surface area (Å²) in [5.74, 6) is -6.60. The van der Waals surface area contributed by atoms with Crippen LogP contribution in [-0.2, 0) is 14.2 Å². The Morgan fingerprint density at radius 2 is 0.960 bits per heavy atom. The number of aliphatic hydroxyl groups excluding tert-OH is 8. The molecule has 0 bridgehead atoms. The molecule has 0 saturated carbocycles. The van der Waals surface area contributed by atoms with E-state index in [0.717, 1.165) is 0 Å². The van der Waals surface area contributed by atoms with E-state index < -0.39 is 74.0 Å². The molecular formula is C12H22O13. The van der Waals surface area contributed by atoms with Gasteiger partial charge < -0.3 is 60.5 Å². The smallest absolute Gasteiger partial charge is 0.315 e. The van der Waals surface area contributed by atoms with Crippen LogP contribution in [0.25, 0.3) is 0 Å². The number of hydrogen-bond donors (Lipinski definition) is 10. The van der Waals surface area contributed by atoms with Gasteiger partial charge in [-0.1, -0.05) is 0 Å². The second-order valence-corrected chi connectivity index (χ2v) is 5.89. The molecule has 2 aliphatic rings. The predicted molar refractivity (Wildman–Crippen MR) is 70.9 cm³/mol. The van der Waals surface area contributed by atoms with Gasteiger partial charge in [0.1, 0.15) is 36.6 Å². The van der Waals surface area contributed by atoms with E-state index in [1.165, 1.54) is 0 Å². The molecule has 2 aliphatic heterocycles. The zero-order valence-electron chi connectivity index (χ0n) is 12.7. The van der Waals surface area contributed by atoms with Crippen molar-refractivity contribution >= 4 is 0 Å². The molecule has 13 heteroatoms. The van der Waals surface area contributed by atoms with Crippen molar-refractivity contribution in [1.29, 1.82) is 0 Å². The maximum absolute atomic E-state index is 10.2. The lowest BCUT2D eigenvalue weighted by molar-refractivity contribution is -0.556. The highest BCUT2D eigenvalue weighted by molar-refractivity contribution is 4.96. The normalized spacial score (nSPS) is 54.5. The van der Waals surface area contributed by atoms with Crippen LogP contribution in [-0.4, -0.2) is 125 Å². The Kier molecular flexibility index (Phi) is 6.02. The third-order valence-corrected chi connectivity index (χ3v) is 4.15. The fourth-order valence-electron chi connectivity index (χ4n) is 2.63. The van der Waals surface area contributed by atoms with Gasteiger partial charge in [0.2, 0.25) is 0 Å². The monoisotopic (exact) mass is 374 g/mol. The molecule has 148 valence electrons. The molecule has 0 aromatic carbocycles. The summed E-state index contributed by atoms with van der Waals surface area (Å²) in [5.41, 5.74) is 0. The molecule has 0 radical (unpaired) electrons. The molecule has 10 N–H and O–H groups in total. The molecule has 2 fully saturated rings. The molecule has 2 heterocycles. The highest BCUT2D eigenvalue weighted by Gasteiger charge is 2.62. The van der Waals surface area contributed by atoms with E-state index in [-0.39, 0.29) is 0 Å². The molecule has 2 saturated heterocycles. The van der Waals surface area contributed by atoms with Crippen molar-refractivity contribution in [2.24, 2.45) is 0 Å². The minimum Gasteiger partial charge on any atom is -0.394 e. The van der Waals surface area contributed by atoms with Crippen LogP contribution in [0.15, 0.2) is 0 Å². The van der Waals surface area contributed by atoms with Gasteiger partial charge in [-0.2, -0.15) is 0 Å². The first kappa shape index (κ1) is 20.8. The molecule has 0 unspecified atom stereocenters. The van der Waals surface area contributed by atoms with Crippen LogP contribution in [0.5, 0.6) is 0 Å². The van der Waals surface area contributed by atoms with Crippen LogP contribution in [0.3, 0.4) is 0 Å². The standard InChI is InChI=1S/C12H22O13/c13-1-3-5(15)7(17)9(19)11(21,23-3)25-12(22)10(20)8(18)6(16)4(2-14)24-12/h3-10,13-22H,1-2H2/t3-,4-,5+,6+,7+,8+,9-,10-,11-,12-/m1/s1. The first-order chi connectivity index (χ1) is 11.5. The number of hydrogen-bond acceptors (Lipinski definition) is 13. The summed E-state index contributed by atoms with van der Waals surface area (Å²) in [6, 6.07) is 0. The lowest BCUT2D eigenvalue weighted by Gasteiger charge is -2.50. The summed E-state index contributed by atoms with van der Waals surface area (Å²) in [7, 11) is 0. The van der Waals surface area contributed by atoms with E-state index in [9.17, 15) is 40.9 Å². The zero-order chi connectivity index (χ0) is 19.2. The van der Waals surface area contributed by atoms with Gasteiger partial charge in [-0.25, -0.2) is 0 Å². The summed E-state index contributed by atoms with van der Waals surface area (Å²) >= 11 is 0. The highest BCUT2D eigenvalue weighted by Crippen LogP contribution is 2.37. The average Bonchev–Trinajstić information content (AvgIpc) is 2.58. The third kappa shape index (κ3) is 3.52. The Balaban J connectivity index is 2.28. The maximum Gasteiger partial charge on any atom is 0.315 e. The Morgan fingerprint density at radius 3 is 1.24 bits per heavy atom. The number of rotatable bonds is 4. The van der Waals surface area contributed by atoms with Crippen molar-refractivity contribution in [2.75, 3.05) is 13.2 Å². The molecule has 2 rings (SSSR count). The Hall–Kier alpha value is -0.520. The molecular weight excluding hydrogens is 352 g/mol. The van der Waals surface area contributed by atoms with Gasteiger partial charge in [-0.05, 0) is 0 Å². The van der Waals surface area contributed by atoms with Crippen molar-refractivity contribution in [1.82, 2.24) is 0 Å². The van der Waals surface area contributed by atoms with Crippen molar-refractivity contribution in [2.45, 2.75) is 60.8 Å². The minimum atomic E-state index is -3.30. The predicted octanol–water partition coefficient (Wildman–Crippen LogP) is -6.76. The van der Waals surface area contributed by atoms with Crippen LogP contribution in [0.1, 0.15) is 0 Å². The van der Waals surface area contributed by atoms with Gasteiger partial charge >= 0.3 is 11.9 Å². The molecule has 0 spiro atoms. The van der Waals surface area contributed by atoms with E-state index in [4.69, 9.17) is 19.7 Å². The molecule has 25 heavy (non-hydrogen) atoms. The van der Waals surface area contributed by atoms with Crippen molar-refractivity contribution in [3.63, 3.8) is 0 Å². The van der Waals surface area contributed by atoms with Crippen molar-refractivity contribution in [3.05, 3.63) is 0 Å². The highest BCUT2D eigenvalue weighted by atomic mass is 16.9. The Morgan fingerprint density at radius 1 is 0.640 bits per heavy atom. The fourth-order valence-corrected chi connectivity index (χ4v) is 2.63. The van der Waals surface area contributed by atoms with Gasteiger partial charge in [-0.15, -0.1) is 0 Å². The maximum atomic E-state index is 10.2. The van der Waals surface area contributed by atoms with Crippen molar-refractivity contribution in [3.8, 4) is 0 Å². The fraction of sp³-hybridized carbons (Fsp3) is 1.00. The van der Waals surface area contributed by atoms with Crippen molar-refractivity contribution < 1.29 is 65.3 Å². The zero-order valence-corrected chi connectivity index (χ0v) is 12.7. The van der Waals surface area contributed by atoms with E-state index in [1.54, 1.807) is 0 Å². The van der Waals surface area contributed by atoms with E-state index >= 15 is 0 Å². The number of ether oxygens (including phenoxy) is 3. The SMILES string of the molecule is OC[C@H]1O[C@@](O)(O[C@]2(O)O[C@H](CO)[C@H](O)[C@H](O)[C@H]2O)[C@H](O)[C@@H](O)[C@H]1O. The van der Waals surface area contributed by atoms with Gasteiger partial charge in [0.25, 0.3) is 0 Å². The van der Waals surface area contributed by atoms with E-state index in [1.807, 2.05) is 0 Å². The summed E-state index contributed by atoms with van der Waals surface area (Å²) in [6.45, 7) is -1.86. The Labute approximate surface area is 140 Å². The topological polar surface area (TPSA) is 230 Å². The van der Waals surface area contributed by atoms with Gasteiger partial charge in [-0.3, -0.25) is 4.74 Å². The van der Waals surface area contributed by atoms with Crippen LogP contribution >= 0.6 is 0 Å². The third-order valence-electron chi connectivity index (χ3n) is 4.15. The van der Waals surface area contributed by atoms with Gasteiger partial charge in [0, 0.05) is 0 Å². The summed E-state index contributed by atoms with van der Waals surface area (Å²) in [5, 5.41) is 97.0. The average molecular weight is 374 g/mol. The molecule has 0 aromatic rings. The van der Waals surface area contributed by atoms with E-state index in [0.29, 0.717) is 0 Å². The first-order valence-electron chi connectivity index (χ1n) is 7.31. The lowest BCUT2D eigenvalue weighted by Crippen LogP contribution is -2.73. The summed E-state index contributed by atoms with van der Waals surface area (Å²) in [4.78, 5) is 0. The van der Waals surface area contributed by atoms with Crippen LogP contribution in [0, 0.1) is 0 Å². The Bertz CT molecular complexity index is 420. The van der Waals surface area contributed by atoms with Gasteiger partial charge in [0.05, 0.1) is 13.2 Å². The second kappa shape index (κ2) is 7.24. The molecule has 0 aliphatic carbocycles. The van der Waals surface area contributed by atoms with E-state index in [2.05, 4.69) is 4.74 Å². The largest absolute Gasteiger partial charge is 0.394 e.